The average Bonchev–Trinajstić information content (AvgIpc) is 2.88. The summed E-state index contributed by atoms with van der Waals surface area (Å²) in [5.41, 5.74) is 0.685. The van der Waals surface area contributed by atoms with E-state index < -0.39 is 5.79 Å². The number of hydrogen-bond acceptors (Lipinski definition) is 4. The molecule has 2 heterocycles. The monoisotopic (exact) mass is 338 g/mol. The van der Waals surface area contributed by atoms with E-state index in [1.165, 1.54) is 0 Å². The number of rotatable bonds is 0. The van der Waals surface area contributed by atoms with Crippen LogP contribution in [0.5, 0.6) is 5.75 Å². The molecule has 4 nitrogen and oxygen atoms in total. The topological polar surface area (TPSA) is 44.8 Å². The summed E-state index contributed by atoms with van der Waals surface area (Å²) in [6, 6.07) is 5.60. The van der Waals surface area contributed by atoms with Crippen LogP contribution in [0.4, 0.5) is 0 Å². The van der Waals surface area contributed by atoms with Crippen LogP contribution < -0.4 is 4.74 Å². The molecule has 20 heavy (non-hydrogen) atoms. The van der Waals surface area contributed by atoms with Crippen LogP contribution in [-0.2, 0) is 9.47 Å². The van der Waals surface area contributed by atoms with Crippen molar-refractivity contribution in [3.8, 4) is 5.75 Å². The maximum Gasteiger partial charge on any atom is 0.173 e. The van der Waals surface area contributed by atoms with Gasteiger partial charge in [-0.1, -0.05) is 15.9 Å². The predicted molar refractivity (Wildman–Crippen MR) is 74.9 cm³/mol. The highest BCUT2D eigenvalue weighted by Gasteiger charge is 2.50. The highest BCUT2D eigenvalue weighted by Crippen LogP contribution is 2.44. The zero-order chi connectivity index (χ0) is 13.7. The summed E-state index contributed by atoms with van der Waals surface area (Å²) in [5.74, 6) is 0.268. The van der Waals surface area contributed by atoms with E-state index in [1.54, 1.807) is 0 Å². The zero-order valence-corrected chi connectivity index (χ0v) is 12.5. The lowest BCUT2D eigenvalue weighted by atomic mass is 9.77. The molecule has 1 spiro atoms. The van der Waals surface area contributed by atoms with Crippen LogP contribution in [0.2, 0.25) is 0 Å². The first-order chi connectivity index (χ1) is 9.67. The number of carbonyl (C=O) groups excluding carboxylic acids is 1. The quantitative estimate of drug-likeness (QED) is 0.729. The molecule has 5 heteroatoms. The van der Waals surface area contributed by atoms with Gasteiger partial charge in [-0.05, 0) is 24.6 Å². The third kappa shape index (κ3) is 1.91. The molecule has 0 aromatic heterocycles. The second-order valence-electron chi connectivity index (χ2n) is 5.62. The van der Waals surface area contributed by atoms with E-state index in [0.29, 0.717) is 30.9 Å². The van der Waals surface area contributed by atoms with Crippen molar-refractivity contribution in [2.45, 2.75) is 31.2 Å². The fourth-order valence-corrected chi connectivity index (χ4v) is 3.82. The maximum atomic E-state index is 12.6. The van der Waals surface area contributed by atoms with Crippen LogP contribution in [0.1, 0.15) is 29.6 Å². The smallest absolute Gasteiger partial charge is 0.173 e. The van der Waals surface area contributed by atoms with Crippen LogP contribution in [0.3, 0.4) is 0 Å². The molecule has 1 saturated heterocycles. The Bertz CT molecular complexity index is 565. The average molecular weight is 339 g/mol. The van der Waals surface area contributed by atoms with E-state index in [4.69, 9.17) is 14.2 Å². The van der Waals surface area contributed by atoms with Crippen molar-refractivity contribution in [3.63, 3.8) is 0 Å². The van der Waals surface area contributed by atoms with E-state index >= 15 is 0 Å². The molecule has 1 aromatic carbocycles. The van der Waals surface area contributed by atoms with Crippen molar-refractivity contribution in [1.82, 2.24) is 0 Å². The number of Topliss-reactive ketones (excluding diaryl/α,β-unsaturated/α-hetero) is 1. The van der Waals surface area contributed by atoms with Gasteiger partial charge in [0.15, 0.2) is 11.6 Å². The van der Waals surface area contributed by atoms with Crippen LogP contribution in [-0.4, -0.2) is 30.9 Å². The number of benzene rings is 1. The van der Waals surface area contributed by atoms with Gasteiger partial charge in [0.05, 0.1) is 24.7 Å². The maximum absolute atomic E-state index is 12.6. The molecule has 1 aromatic rings. The van der Waals surface area contributed by atoms with Crippen LogP contribution in [0.15, 0.2) is 22.7 Å². The van der Waals surface area contributed by atoms with Gasteiger partial charge in [0.2, 0.25) is 0 Å². The Kier molecular flexibility index (Phi) is 2.91. The minimum absolute atomic E-state index is 0.0739. The molecule has 3 aliphatic rings. The summed E-state index contributed by atoms with van der Waals surface area (Å²) in [6.07, 6.45) is 2.03. The Morgan fingerprint density at radius 3 is 2.85 bits per heavy atom. The van der Waals surface area contributed by atoms with Crippen molar-refractivity contribution < 1.29 is 19.0 Å². The summed E-state index contributed by atoms with van der Waals surface area (Å²) in [7, 11) is 0. The van der Waals surface area contributed by atoms with Crippen LogP contribution >= 0.6 is 15.9 Å². The number of ether oxygens (including phenoxy) is 3. The SMILES string of the molecule is O=C1c2cc(Br)ccc2OC2CC3(CC[C@H]12)OCCO3. The van der Waals surface area contributed by atoms with Crippen molar-refractivity contribution in [1.29, 1.82) is 0 Å². The summed E-state index contributed by atoms with van der Waals surface area (Å²) in [4.78, 5) is 12.6. The van der Waals surface area contributed by atoms with Crippen molar-refractivity contribution in [2.24, 2.45) is 5.92 Å². The highest BCUT2D eigenvalue weighted by atomic mass is 79.9. The van der Waals surface area contributed by atoms with Crippen LogP contribution in [0.25, 0.3) is 0 Å². The van der Waals surface area contributed by atoms with Crippen LogP contribution in [0, 0.1) is 5.92 Å². The fourth-order valence-electron chi connectivity index (χ4n) is 3.46. The normalized spacial score (nSPS) is 30.8. The zero-order valence-electron chi connectivity index (χ0n) is 10.9. The first kappa shape index (κ1) is 12.8. The molecule has 0 bridgehead atoms. The number of ketones is 1. The fraction of sp³-hybridized carbons (Fsp3) is 0.533. The minimum Gasteiger partial charge on any atom is -0.489 e. The lowest BCUT2D eigenvalue weighted by Crippen LogP contribution is -2.49. The van der Waals surface area contributed by atoms with Crippen molar-refractivity contribution in [2.75, 3.05) is 13.2 Å². The van der Waals surface area contributed by atoms with Gasteiger partial charge in [0, 0.05) is 17.3 Å². The molecule has 106 valence electrons. The Morgan fingerprint density at radius 1 is 1.25 bits per heavy atom. The predicted octanol–water partition coefficient (Wildman–Crippen LogP) is 2.94. The standard InChI is InChI=1S/C15H15BrO4/c16-9-1-2-12-11(7-9)14(17)10-3-4-15(8-13(10)20-12)18-5-6-19-15/h1-2,7,10,13H,3-6,8H2/t10-,13?/m0/s1. The van der Waals surface area contributed by atoms with Gasteiger partial charge in [0.25, 0.3) is 0 Å². The molecule has 4 rings (SSSR count). The highest BCUT2D eigenvalue weighted by molar-refractivity contribution is 9.10. The molecule has 1 aliphatic carbocycles. The molecule has 2 fully saturated rings. The largest absolute Gasteiger partial charge is 0.489 e. The summed E-state index contributed by atoms with van der Waals surface area (Å²) >= 11 is 3.41. The van der Waals surface area contributed by atoms with Gasteiger partial charge in [-0.15, -0.1) is 0 Å². The Hall–Kier alpha value is -0.910. The van der Waals surface area contributed by atoms with Gasteiger partial charge in [-0.3, -0.25) is 4.79 Å². The molecule has 0 N–H and O–H groups in total. The van der Waals surface area contributed by atoms with Gasteiger partial charge < -0.3 is 14.2 Å². The molecular weight excluding hydrogens is 324 g/mol. The molecule has 2 atom stereocenters. The molecular formula is C15H15BrO4. The minimum atomic E-state index is -0.520. The Morgan fingerprint density at radius 2 is 2.05 bits per heavy atom. The van der Waals surface area contributed by atoms with Gasteiger partial charge in [-0.25, -0.2) is 0 Å². The van der Waals surface area contributed by atoms with Gasteiger partial charge in [-0.2, -0.15) is 0 Å². The first-order valence-electron chi connectivity index (χ1n) is 6.95. The summed E-state index contributed by atoms with van der Waals surface area (Å²) in [5, 5.41) is 0. The number of carbonyl (C=O) groups is 1. The van der Waals surface area contributed by atoms with E-state index in [-0.39, 0.29) is 17.8 Å². The molecule has 2 aliphatic heterocycles. The van der Waals surface area contributed by atoms with E-state index in [9.17, 15) is 4.79 Å². The first-order valence-corrected chi connectivity index (χ1v) is 7.75. The van der Waals surface area contributed by atoms with Crippen molar-refractivity contribution in [3.05, 3.63) is 28.2 Å². The van der Waals surface area contributed by atoms with Crippen molar-refractivity contribution >= 4 is 21.7 Å². The summed E-state index contributed by atoms with van der Waals surface area (Å²) < 4.78 is 18.5. The summed E-state index contributed by atoms with van der Waals surface area (Å²) in [6.45, 7) is 1.27. The number of halogens is 1. The number of fused-ring (bicyclic) bond motifs is 2. The second-order valence-corrected chi connectivity index (χ2v) is 6.53. The van der Waals surface area contributed by atoms with Gasteiger partial charge in [0.1, 0.15) is 11.9 Å². The Labute approximate surface area is 125 Å². The molecule has 1 unspecified atom stereocenters. The molecule has 0 radical (unpaired) electrons. The molecule has 1 saturated carbocycles. The third-order valence-corrected chi connectivity index (χ3v) is 4.93. The van der Waals surface area contributed by atoms with E-state index in [2.05, 4.69) is 15.9 Å². The van der Waals surface area contributed by atoms with E-state index in [0.717, 1.165) is 17.3 Å². The van der Waals surface area contributed by atoms with E-state index in [1.807, 2.05) is 18.2 Å². The lowest BCUT2D eigenvalue weighted by Gasteiger charge is -2.42. The second kappa shape index (κ2) is 4.55. The third-order valence-electron chi connectivity index (χ3n) is 4.43. The number of hydrogen-bond donors (Lipinski definition) is 0. The Balaban J connectivity index is 1.66. The van der Waals surface area contributed by atoms with Gasteiger partial charge >= 0.3 is 0 Å². The molecule has 0 amide bonds. The lowest BCUT2D eigenvalue weighted by molar-refractivity contribution is -0.199.